The van der Waals surface area contributed by atoms with Crippen LogP contribution in [-0.4, -0.2) is 31.7 Å². The number of nitrogens with two attached hydrogens (primary N) is 1. The van der Waals surface area contributed by atoms with Crippen molar-refractivity contribution in [3.05, 3.63) is 22.4 Å². The molecule has 17 heavy (non-hydrogen) atoms. The monoisotopic (exact) mass is 254 g/mol. The van der Waals surface area contributed by atoms with E-state index in [1.54, 1.807) is 11.3 Å². The van der Waals surface area contributed by atoms with Crippen LogP contribution in [-0.2, 0) is 16.0 Å². The average molecular weight is 254 g/mol. The fourth-order valence-electron chi connectivity index (χ4n) is 1.88. The SMILES string of the molecule is CC1(C(=O)NCCc2cccs2)COCC1N. The first-order valence-corrected chi connectivity index (χ1v) is 6.65. The molecule has 4 nitrogen and oxygen atoms in total. The lowest BCUT2D eigenvalue weighted by Gasteiger charge is -2.25. The lowest BCUT2D eigenvalue weighted by Crippen LogP contribution is -2.50. The van der Waals surface area contributed by atoms with Crippen molar-refractivity contribution in [1.82, 2.24) is 5.32 Å². The highest BCUT2D eigenvalue weighted by Crippen LogP contribution is 2.27. The summed E-state index contributed by atoms with van der Waals surface area (Å²) < 4.78 is 5.26. The predicted molar refractivity (Wildman–Crippen MR) is 67.9 cm³/mol. The van der Waals surface area contributed by atoms with Gasteiger partial charge in [0.05, 0.1) is 18.6 Å². The number of hydrogen-bond donors (Lipinski definition) is 2. The fraction of sp³-hybridized carbons (Fsp3) is 0.583. The van der Waals surface area contributed by atoms with Crippen LogP contribution in [0, 0.1) is 5.41 Å². The third-order valence-electron chi connectivity index (χ3n) is 3.27. The second-order valence-electron chi connectivity index (χ2n) is 4.62. The molecule has 1 aromatic rings. The van der Waals surface area contributed by atoms with Crippen LogP contribution in [0.15, 0.2) is 17.5 Å². The van der Waals surface area contributed by atoms with Gasteiger partial charge in [0.25, 0.3) is 0 Å². The number of hydrogen-bond acceptors (Lipinski definition) is 4. The Morgan fingerprint density at radius 2 is 2.59 bits per heavy atom. The van der Waals surface area contributed by atoms with E-state index in [0.29, 0.717) is 19.8 Å². The molecule has 1 aliphatic rings. The molecule has 2 atom stereocenters. The van der Waals surface area contributed by atoms with E-state index in [1.165, 1.54) is 4.88 Å². The molecule has 1 fully saturated rings. The Bertz CT molecular complexity index is 380. The van der Waals surface area contributed by atoms with Crippen LogP contribution in [0.1, 0.15) is 11.8 Å². The number of carbonyl (C=O) groups excluding carboxylic acids is 1. The van der Waals surface area contributed by atoms with Crippen molar-refractivity contribution >= 4 is 17.2 Å². The van der Waals surface area contributed by atoms with E-state index < -0.39 is 5.41 Å². The Labute approximate surface area is 105 Å². The van der Waals surface area contributed by atoms with Crippen molar-refractivity contribution in [2.24, 2.45) is 11.1 Å². The van der Waals surface area contributed by atoms with E-state index in [2.05, 4.69) is 11.4 Å². The normalized spacial score (nSPS) is 28.2. The van der Waals surface area contributed by atoms with Gasteiger partial charge in [-0.3, -0.25) is 4.79 Å². The molecule has 0 bridgehead atoms. The van der Waals surface area contributed by atoms with Crippen LogP contribution < -0.4 is 11.1 Å². The van der Waals surface area contributed by atoms with E-state index in [0.717, 1.165) is 6.42 Å². The molecule has 1 aliphatic heterocycles. The van der Waals surface area contributed by atoms with Crippen LogP contribution in [0.5, 0.6) is 0 Å². The maximum atomic E-state index is 12.0. The van der Waals surface area contributed by atoms with Crippen molar-refractivity contribution in [1.29, 1.82) is 0 Å². The molecule has 94 valence electrons. The Kier molecular flexibility index (Phi) is 3.81. The zero-order chi connectivity index (χ0) is 12.3. The molecule has 5 heteroatoms. The molecule has 2 rings (SSSR count). The molecule has 0 radical (unpaired) electrons. The van der Waals surface area contributed by atoms with E-state index in [4.69, 9.17) is 10.5 Å². The van der Waals surface area contributed by atoms with Crippen molar-refractivity contribution in [3.63, 3.8) is 0 Å². The second kappa shape index (κ2) is 5.16. The summed E-state index contributed by atoms with van der Waals surface area (Å²) in [6, 6.07) is 3.89. The number of amides is 1. The number of carbonyl (C=O) groups is 1. The number of ether oxygens (including phenoxy) is 1. The minimum Gasteiger partial charge on any atom is -0.379 e. The molecule has 0 aliphatic carbocycles. The summed E-state index contributed by atoms with van der Waals surface area (Å²) in [4.78, 5) is 13.3. The van der Waals surface area contributed by atoms with Gasteiger partial charge in [0.2, 0.25) is 5.91 Å². The molecule has 2 unspecified atom stereocenters. The lowest BCUT2D eigenvalue weighted by atomic mass is 9.85. The quantitative estimate of drug-likeness (QED) is 0.834. The Morgan fingerprint density at radius 1 is 1.76 bits per heavy atom. The summed E-state index contributed by atoms with van der Waals surface area (Å²) in [5.74, 6) is -0.000874. The predicted octanol–water partition coefficient (Wildman–Crippen LogP) is 0.771. The van der Waals surface area contributed by atoms with Gasteiger partial charge in [0.1, 0.15) is 0 Å². The Morgan fingerprint density at radius 3 is 3.18 bits per heavy atom. The molecular weight excluding hydrogens is 236 g/mol. The largest absolute Gasteiger partial charge is 0.379 e. The smallest absolute Gasteiger partial charge is 0.229 e. The molecule has 2 heterocycles. The van der Waals surface area contributed by atoms with E-state index >= 15 is 0 Å². The zero-order valence-corrected chi connectivity index (χ0v) is 10.8. The van der Waals surface area contributed by atoms with Crippen LogP contribution in [0.4, 0.5) is 0 Å². The lowest BCUT2D eigenvalue weighted by molar-refractivity contribution is -0.130. The van der Waals surface area contributed by atoms with Crippen molar-refractivity contribution in [2.45, 2.75) is 19.4 Å². The van der Waals surface area contributed by atoms with Gasteiger partial charge in [-0.1, -0.05) is 6.07 Å². The number of thiophene rings is 1. The van der Waals surface area contributed by atoms with Gasteiger partial charge < -0.3 is 15.8 Å². The highest BCUT2D eigenvalue weighted by molar-refractivity contribution is 7.09. The standard InChI is InChI=1S/C12H18N2O2S/c1-12(8-16-7-10(12)13)11(15)14-5-4-9-3-2-6-17-9/h2-3,6,10H,4-5,7-8,13H2,1H3,(H,14,15). The van der Waals surface area contributed by atoms with Crippen molar-refractivity contribution < 1.29 is 9.53 Å². The number of nitrogens with one attached hydrogen (secondary N) is 1. The van der Waals surface area contributed by atoms with Crippen LogP contribution in [0.3, 0.4) is 0 Å². The maximum Gasteiger partial charge on any atom is 0.229 e. The summed E-state index contributed by atoms with van der Waals surface area (Å²) in [6.07, 6.45) is 0.871. The van der Waals surface area contributed by atoms with Gasteiger partial charge in [0, 0.05) is 17.5 Å². The molecule has 1 saturated heterocycles. The van der Waals surface area contributed by atoms with Gasteiger partial charge in [-0.2, -0.15) is 0 Å². The van der Waals surface area contributed by atoms with Gasteiger partial charge in [-0.25, -0.2) is 0 Å². The van der Waals surface area contributed by atoms with Crippen LogP contribution >= 0.6 is 11.3 Å². The first-order chi connectivity index (χ1) is 8.13. The minimum atomic E-state index is -0.574. The summed E-state index contributed by atoms with van der Waals surface area (Å²) in [6.45, 7) is 3.40. The Balaban J connectivity index is 1.81. The highest BCUT2D eigenvalue weighted by Gasteiger charge is 2.44. The van der Waals surface area contributed by atoms with Gasteiger partial charge in [-0.05, 0) is 24.8 Å². The van der Waals surface area contributed by atoms with E-state index in [9.17, 15) is 4.79 Å². The fourth-order valence-corrected chi connectivity index (χ4v) is 2.59. The molecule has 1 aromatic heterocycles. The highest BCUT2D eigenvalue weighted by atomic mass is 32.1. The molecular formula is C12H18N2O2S. The van der Waals surface area contributed by atoms with Crippen LogP contribution in [0.25, 0.3) is 0 Å². The van der Waals surface area contributed by atoms with E-state index in [1.807, 2.05) is 18.4 Å². The van der Waals surface area contributed by atoms with Gasteiger partial charge in [0.15, 0.2) is 0 Å². The molecule has 0 spiro atoms. The molecule has 0 saturated carbocycles. The first kappa shape index (κ1) is 12.5. The summed E-state index contributed by atoms with van der Waals surface area (Å²) in [5, 5.41) is 4.98. The summed E-state index contributed by atoms with van der Waals surface area (Å²) >= 11 is 1.71. The average Bonchev–Trinajstić information content (AvgIpc) is 2.91. The van der Waals surface area contributed by atoms with Crippen molar-refractivity contribution in [3.8, 4) is 0 Å². The molecule has 0 aromatic carbocycles. The zero-order valence-electron chi connectivity index (χ0n) is 9.94. The molecule has 1 amide bonds. The summed E-state index contributed by atoms with van der Waals surface area (Å²) in [5.41, 5.74) is 5.32. The minimum absolute atomic E-state index is 0.000874. The van der Waals surface area contributed by atoms with Gasteiger partial charge >= 0.3 is 0 Å². The third kappa shape index (κ3) is 2.68. The summed E-state index contributed by atoms with van der Waals surface area (Å²) in [7, 11) is 0. The van der Waals surface area contributed by atoms with Crippen molar-refractivity contribution in [2.75, 3.05) is 19.8 Å². The second-order valence-corrected chi connectivity index (χ2v) is 5.66. The van der Waals surface area contributed by atoms with E-state index in [-0.39, 0.29) is 11.9 Å². The van der Waals surface area contributed by atoms with Gasteiger partial charge in [-0.15, -0.1) is 11.3 Å². The van der Waals surface area contributed by atoms with Crippen LogP contribution in [0.2, 0.25) is 0 Å². The topological polar surface area (TPSA) is 64.3 Å². The maximum absolute atomic E-state index is 12.0. The first-order valence-electron chi connectivity index (χ1n) is 5.77. The molecule has 3 N–H and O–H groups in total. The third-order valence-corrected chi connectivity index (χ3v) is 4.21. The number of rotatable bonds is 4. The Hall–Kier alpha value is -0.910.